The number of benzene rings is 14. The number of rotatable bonds is 6. The van der Waals surface area contributed by atoms with E-state index in [1.807, 2.05) is 0 Å². The van der Waals surface area contributed by atoms with Crippen molar-refractivity contribution in [1.82, 2.24) is 0 Å². The maximum atomic E-state index is 2.46. The molecule has 0 amide bonds. The molecule has 350 valence electrons. The van der Waals surface area contributed by atoms with Gasteiger partial charge in [-0.1, -0.05) is 257 Å². The third-order valence-electron chi connectivity index (χ3n) is 16.6. The van der Waals surface area contributed by atoms with Gasteiger partial charge in [-0.2, -0.15) is 0 Å². The topological polar surface area (TPSA) is 0 Å². The first kappa shape index (κ1) is 43.2. The molecule has 0 saturated heterocycles. The van der Waals surface area contributed by atoms with Gasteiger partial charge in [-0.3, -0.25) is 0 Å². The average molecular weight is 951 g/mol. The van der Waals surface area contributed by atoms with Crippen LogP contribution in [0.3, 0.4) is 0 Å². The molecule has 15 rings (SSSR count). The first-order chi connectivity index (χ1) is 37.0. The van der Waals surface area contributed by atoms with E-state index < -0.39 is 0 Å². The van der Waals surface area contributed by atoms with E-state index in [1.54, 1.807) is 0 Å². The molecule has 14 aromatic rings. The van der Waals surface area contributed by atoms with E-state index in [4.69, 9.17) is 0 Å². The summed E-state index contributed by atoms with van der Waals surface area (Å²) in [7, 11) is 0. The zero-order valence-corrected chi connectivity index (χ0v) is 41.9. The van der Waals surface area contributed by atoms with Crippen molar-refractivity contribution < 1.29 is 0 Å². The Bertz CT molecular complexity index is 4610. The minimum Gasteiger partial charge on any atom is -0.0619 e. The van der Waals surface area contributed by atoms with E-state index in [-0.39, 0.29) is 5.41 Å². The fourth-order valence-electron chi connectivity index (χ4n) is 13.1. The van der Waals surface area contributed by atoms with Crippen molar-refractivity contribution in [2.45, 2.75) is 19.3 Å². The van der Waals surface area contributed by atoms with Gasteiger partial charge in [0.1, 0.15) is 0 Å². The van der Waals surface area contributed by atoms with E-state index in [1.165, 1.54) is 154 Å². The van der Waals surface area contributed by atoms with Crippen LogP contribution in [0.2, 0.25) is 0 Å². The Hall–Kier alpha value is -9.36. The van der Waals surface area contributed by atoms with Crippen molar-refractivity contribution in [3.63, 3.8) is 0 Å². The highest BCUT2D eigenvalue weighted by atomic mass is 14.4. The van der Waals surface area contributed by atoms with Gasteiger partial charge in [0.25, 0.3) is 0 Å². The molecule has 1 aliphatic rings. The molecule has 0 N–H and O–H groups in total. The molecule has 0 heteroatoms. The Morgan fingerprint density at radius 2 is 0.587 bits per heavy atom. The molecule has 1 aliphatic carbocycles. The summed E-state index contributed by atoms with van der Waals surface area (Å²) >= 11 is 0. The normalized spacial score (nSPS) is 12.8. The largest absolute Gasteiger partial charge is 0.0619 e. The summed E-state index contributed by atoms with van der Waals surface area (Å²) in [6, 6.07) is 100.0. The van der Waals surface area contributed by atoms with E-state index in [0.717, 1.165) is 0 Å². The molecule has 0 atom stereocenters. The van der Waals surface area contributed by atoms with Gasteiger partial charge in [0.05, 0.1) is 0 Å². The number of fused-ring (bicyclic) bond motifs is 9. The molecular formula is C75H50. The minimum absolute atomic E-state index is 0.0839. The van der Waals surface area contributed by atoms with Crippen molar-refractivity contribution in [2.24, 2.45) is 0 Å². The quantitative estimate of drug-likeness (QED) is 0.146. The van der Waals surface area contributed by atoms with Crippen LogP contribution in [0.4, 0.5) is 0 Å². The van der Waals surface area contributed by atoms with Crippen LogP contribution >= 0.6 is 0 Å². The van der Waals surface area contributed by atoms with Gasteiger partial charge in [0.2, 0.25) is 0 Å². The van der Waals surface area contributed by atoms with E-state index in [0.29, 0.717) is 0 Å². The second-order valence-electron chi connectivity index (χ2n) is 21.1. The van der Waals surface area contributed by atoms with E-state index in [9.17, 15) is 0 Å². The van der Waals surface area contributed by atoms with Crippen LogP contribution in [0.25, 0.3) is 143 Å². The van der Waals surface area contributed by atoms with Gasteiger partial charge in [0, 0.05) is 5.41 Å². The van der Waals surface area contributed by atoms with Crippen molar-refractivity contribution in [3.05, 3.63) is 278 Å². The summed E-state index contributed by atoms with van der Waals surface area (Å²) in [4.78, 5) is 0. The van der Waals surface area contributed by atoms with Crippen LogP contribution in [0.5, 0.6) is 0 Å². The van der Waals surface area contributed by atoms with Crippen molar-refractivity contribution in [3.8, 4) is 77.9 Å². The smallest absolute Gasteiger partial charge is 0.0159 e. The fraction of sp³-hybridized carbons (Fsp3) is 0.0400. The Morgan fingerprint density at radius 3 is 1.17 bits per heavy atom. The maximum absolute atomic E-state index is 2.46. The molecule has 0 radical (unpaired) electrons. The lowest BCUT2D eigenvalue weighted by molar-refractivity contribution is 0.660. The average Bonchev–Trinajstić information content (AvgIpc) is 3.71. The van der Waals surface area contributed by atoms with Gasteiger partial charge < -0.3 is 0 Å². The summed E-state index contributed by atoms with van der Waals surface area (Å²) in [6.45, 7) is 4.74. The first-order valence-corrected chi connectivity index (χ1v) is 26.3. The summed E-state index contributed by atoms with van der Waals surface area (Å²) < 4.78 is 0. The first-order valence-electron chi connectivity index (χ1n) is 26.3. The van der Waals surface area contributed by atoms with E-state index >= 15 is 0 Å². The van der Waals surface area contributed by atoms with Gasteiger partial charge >= 0.3 is 0 Å². The summed E-state index contributed by atoms with van der Waals surface area (Å²) in [5.41, 5.74) is 20.2. The molecular weight excluding hydrogens is 901 g/mol. The van der Waals surface area contributed by atoms with Crippen molar-refractivity contribution in [1.29, 1.82) is 0 Å². The summed E-state index contributed by atoms with van der Waals surface area (Å²) in [5, 5.41) is 15.0. The standard InChI is InChI=1S/C75H50/c1-75(2)69-30-16-15-22-58(69)59-41-40-54(46-70(59)75)57-21-7-8-23-60(57)74-65-28-13-11-26-63(65)71(64-27-12-14-29-66(64)74)50-35-31-49(32-36-50)53-39-42-67-68(45-53)73(56-38-34-48-18-4-6-20-52(48)44-56)62-25-10-9-24-61(62)72(67)55-37-33-47-17-3-5-19-51(47)43-55/h3-46H,1-2H3. The van der Waals surface area contributed by atoms with Gasteiger partial charge in [-0.25, -0.2) is 0 Å². The molecule has 0 saturated carbocycles. The van der Waals surface area contributed by atoms with Crippen LogP contribution in [0, 0.1) is 0 Å². The number of hydrogen-bond acceptors (Lipinski definition) is 0. The fourth-order valence-corrected chi connectivity index (χ4v) is 13.1. The molecule has 0 heterocycles. The van der Waals surface area contributed by atoms with Gasteiger partial charge in [-0.05, 0) is 178 Å². The molecule has 0 aliphatic heterocycles. The lowest BCUT2D eigenvalue weighted by Gasteiger charge is -2.23. The Balaban J connectivity index is 0.886. The third kappa shape index (κ3) is 6.76. The second kappa shape index (κ2) is 16.9. The van der Waals surface area contributed by atoms with Crippen LogP contribution in [-0.4, -0.2) is 0 Å². The molecule has 14 aromatic carbocycles. The van der Waals surface area contributed by atoms with Crippen molar-refractivity contribution in [2.75, 3.05) is 0 Å². The highest BCUT2D eigenvalue weighted by molar-refractivity contribution is 6.24. The Kier molecular flexibility index (Phi) is 9.72. The second-order valence-corrected chi connectivity index (χ2v) is 21.1. The van der Waals surface area contributed by atoms with Crippen LogP contribution < -0.4 is 0 Å². The summed E-state index contributed by atoms with van der Waals surface area (Å²) in [6.07, 6.45) is 0. The third-order valence-corrected chi connectivity index (χ3v) is 16.6. The SMILES string of the molecule is CC1(C)c2ccccc2-c2ccc(-c3ccccc3-c3c4ccccc4c(-c4ccc(-c5ccc6c(-c7ccc8ccccc8c7)c7ccccc7c(-c7ccc8ccccc8c7)c6c5)cc4)c4ccccc34)cc21. The monoisotopic (exact) mass is 950 g/mol. The molecule has 75 heavy (non-hydrogen) atoms. The predicted octanol–water partition coefficient (Wildman–Crippen LogP) is 20.9. The lowest BCUT2D eigenvalue weighted by atomic mass is 9.80. The van der Waals surface area contributed by atoms with Crippen LogP contribution in [0.1, 0.15) is 25.0 Å². The van der Waals surface area contributed by atoms with Gasteiger partial charge in [-0.15, -0.1) is 0 Å². The van der Waals surface area contributed by atoms with E-state index in [2.05, 4.69) is 281 Å². The lowest BCUT2D eigenvalue weighted by Crippen LogP contribution is -2.14. The van der Waals surface area contributed by atoms with Crippen molar-refractivity contribution >= 4 is 64.6 Å². The molecule has 0 nitrogen and oxygen atoms in total. The molecule has 0 fully saturated rings. The van der Waals surface area contributed by atoms with Crippen LogP contribution in [0.15, 0.2) is 267 Å². The van der Waals surface area contributed by atoms with Crippen LogP contribution in [-0.2, 0) is 5.41 Å². The molecule has 0 bridgehead atoms. The molecule has 0 spiro atoms. The zero-order valence-electron chi connectivity index (χ0n) is 41.9. The molecule has 0 aromatic heterocycles. The highest BCUT2D eigenvalue weighted by Gasteiger charge is 2.35. The summed E-state index contributed by atoms with van der Waals surface area (Å²) in [5.74, 6) is 0. The predicted molar refractivity (Wildman–Crippen MR) is 322 cm³/mol. The Morgan fingerprint density at radius 1 is 0.200 bits per heavy atom. The zero-order chi connectivity index (χ0) is 49.8. The molecule has 0 unspecified atom stereocenters. The minimum atomic E-state index is -0.0839. The highest BCUT2D eigenvalue weighted by Crippen LogP contribution is 2.52. The number of hydrogen-bond donors (Lipinski definition) is 0. The maximum Gasteiger partial charge on any atom is 0.0159 e. The Labute approximate surface area is 437 Å². The van der Waals surface area contributed by atoms with Gasteiger partial charge in [0.15, 0.2) is 0 Å².